The average molecular weight is 525 g/mol. The molecule has 0 spiro atoms. The Balaban J connectivity index is 0.998. The first-order valence-electron chi connectivity index (χ1n) is 13.4. The van der Waals surface area contributed by atoms with Crippen LogP contribution in [0.25, 0.3) is 0 Å². The van der Waals surface area contributed by atoms with Crippen LogP contribution in [-0.2, 0) is 13.0 Å². The maximum absolute atomic E-state index is 12.7. The largest absolute Gasteiger partial charge is 0.480 e. The Morgan fingerprint density at radius 3 is 2.56 bits per heavy atom. The number of aromatic nitrogens is 5. The van der Waals surface area contributed by atoms with Crippen molar-refractivity contribution in [2.45, 2.75) is 31.7 Å². The fourth-order valence-electron chi connectivity index (χ4n) is 4.88. The SMILES string of the molecule is COc1ncccc1C(=O)Cc1ccc(CN2CCN(c3nccc(Nc4cc(C5CC5)[nH]n4)n3)CC2)cc1. The van der Waals surface area contributed by atoms with Crippen molar-refractivity contribution in [3.8, 4) is 5.88 Å². The van der Waals surface area contributed by atoms with Gasteiger partial charge in [0.25, 0.3) is 0 Å². The van der Waals surface area contributed by atoms with Gasteiger partial charge in [-0.2, -0.15) is 10.1 Å². The molecule has 2 fully saturated rings. The minimum Gasteiger partial charge on any atom is -0.480 e. The summed E-state index contributed by atoms with van der Waals surface area (Å²) in [5.74, 6) is 3.27. The molecule has 4 heterocycles. The van der Waals surface area contributed by atoms with Gasteiger partial charge in [0.1, 0.15) is 5.82 Å². The number of rotatable bonds is 10. The van der Waals surface area contributed by atoms with Gasteiger partial charge < -0.3 is 15.0 Å². The number of pyridine rings is 1. The Morgan fingerprint density at radius 1 is 1.00 bits per heavy atom. The Hall–Kier alpha value is -4.31. The molecule has 2 aliphatic rings. The summed E-state index contributed by atoms with van der Waals surface area (Å²) >= 11 is 0. The molecule has 1 aliphatic heterocycles. The zero-order chi connectivity index (χ0) is 26.6. The molecule has 1 saturated heterocycles. The lowest BCUT2D eigenvalue weighted by Crippen LogP contribution is -2.46. The van der Waals surface area contributed by atoms with Crippen molar-refractivity contribution in [1.29, 1.82) is 0 Å². The van der Waals surface area contributed by atoms with E-state index in [1.54, 1.807) is 24.5 Å². The number of Topliss-reactive ketones (excluding diaryl/α,β-unsaturated/α-hetero) is 1. The van der Waals surface area contributed by atoms with Crippen molar-refractivity contribution < 1.29 is 9.53 Å². The standard InChI is InChI=1S/C29H32N8O2/c1-39-28-23(3-2-11-30-28)25(38)17-20-4-6-21(7-5-20)19-36-13-15-37(16-14-36)29-31-12-10-26(33-29)32-27-18-24(34-35-27)22-8-9-22/h2-7,10-12,18,22H,8-9,13-17,19H2,1H3,(H2,31,32,33,34,35). The number of hydrogen-bond donors (Lipinski definition) is 2. The fourth-order valence-corrected chi connectivity index (χ4v) is 4.88. The van der Waals surface area contributed by atoms with Gasteiger partial charge >= 0.3 is 0 Å². The van der Waals surface area contributed by atoms with Gasteiger partial charge in [-0.25, -0.2) is 9.97 Å². The van der Waals surface area contributed by atoms with Crippen molar-refractivity contribution in [3.05, 3.63) is 83.3 Å². The first-order chi connectivity index (χ1) is 19.1. The molecule has 0 bridgehead atoms. The number of anilines is 3. The third-order valence-corrected chi connectivity index (χ3v) is 7.23. The highest BCUT2D eigenvalue weighted by molar-refractivity contribution is 5.99. The minimum atomic E-state index is -0.00215. The molecule has 2 N–H and O–H groups in total. The molecule has 1 aliphatic carbocycles. The lowest BCUT2D eigenvalue weighted by atomic mass is 10.0. The van der Waals surface area contributed by atoms with Gasteiger partial charge in [0.2, 0.25) is 11.8 Å². The number of aromatic amines is 1. The predicted octanol–water partition coefficient (Wildman–Crippen LogP) is 3.97. The number of benzene rings is 1. The Bertz CT molecular complexity index is 1430. The summed E-state index contributed by atoms with van der Waals surface area (Å²) in [5, 5.41) is 10.8. The predicted molar refractivity (Wildman–Crippen MR) is 149 cm³/mol. The van der Waals surface area contributed by atoms with Crippen LogP contribution < -0.4 is 15.0 Å². The van der Waals surface area contributed by atoms with Crippen molar-refractivity contribution >= 4 is 23.4 Å². The summed E-state index contributed by atoms with van der Waals surface area (Å²) < 4.78 is 5.23. The Kier molecular flexibility index (Phi) is 7.18. The number of methoxy groups -OCH3 is 1. The molecule has 0 atom stereocenters. The molecule has 39 heavy (non-hydrogen) atoms. The summed E-state index contributed by atoms with van der Waals surface area (Å²) in [4.78, 5) is 30.8. The maximum Gasteiger partial charge on any atom is 0.227 e. The number of ether oxygens (including phenoxy) is 1. The van der Waals surface area contributed by atoms with Gasteiger partial charge in [-0.15, -0.1) is 0 Å². The molecule has 10 heteroatoms. The molecule has 0 amide bonds. The molecule has 1 saturated carbocycles. The van der Waals surface area contributed by atoms with E-state index in [0.717, 1.165) is 55.9 Å². The monoisotopic (exact) mass is 524 g/mol. The van der Waals surface area contributed by atoms with Crippen LogP contribution in [0.4, 0.5) is 17.6 Å². The Labute approximate surface area is 227 Å². The van der Waals surface area contributed by atoms with Gasteiger partial charge in [0.15, 0.2) is 11.6 Å². The maximum atomic E-state index is 12.7. The van der Waals surface area contributed by atoms with Crippen LogP contribution in [0.2, 0.25) is 0 Å². The molecule has 6 rings (SSSR count). The van der Waals surface area contributed by atoms with E-state index >= 15 is 0 Å². The van der Waals surface area contributed by atoms with Crippen LogP contribution in [0.3, 0.4) is 0 Å². The lowest BCUT2D eigenvalue weighted by Gasteiger charge is -2.34. The second-order valence-corrected chi connectivity index (χ2v) is 10.1. The van der Waals surface area contributed by atoms with E-state index in [1.165, 1.54) is 31.2 Å². The number of nitrogens with one attached hydrogen (secondary N) is 2. The lowest BCUT2D eigenvalue weighted by molar-refractivity contribution is 0.0989. The minimum absolute atomic E-state index is 0.00215. The van der Waals surface area contributed by atoms with E-state index in [1.807, 2.05) is 18.2 Å². The number of ketones is 1. The molecular formula is C29H32N8O2. The van der Waals surface area contributed by atoms with E-state index in [0.29, 0.717) is 23.8 Å². The molecule has 0 radical (unpaired) electrons. The molecule has 0 unspecified atom stereocenters. The first kappa shape index (κ1) is 25.0. The van der Waals surface area contributed by atoms with Crippen LogP contribution in [0.1, 0.15) is 45.9 Å². The highest BCUT2D eigenvalue weighted by Gasteiger charge is 2.25. The van der Waals surface area contributed by atoms with E-state index in [9.17, 15) is 4.79 Å². The third kappa shape index (κ3) is 6.06. The smallest absolute Gasteiger partial charge is 0.227 e. The van der Waals surface area contributed by atoms with E-state index < -0.39 is 0 Å². The summed E-state index contributed by atoms with van der Waals surface area (Å²) in [6.45, 7) is 4.43. The highest BCUT2D eigenvalue weighted by Crippen LogP contribution is 2.39. The van der Waals surface area contributed by atoms with Gasteiger partial charge in [0, 0.05) is 69.2 Å². The second-order valence-electron chi connectivity index (χ2n) is 10.1. The van der Waals surface area contributed by atoms with E-state index in [2.05, 4.69) is 53.5 Å². The van der Waals surface area contributed by atoms with Crippen LogP contribution >= 0.6 is 0 Å². The van der Waals surface area contributed by atoms with Crippen LogP contribution in [0, 0.1) is 0 Å². The number of H-pyrrole nitrogens is 1. The summed E-state index contributed by atoms with van der Waals surface area (Å²) in [5.41, 5.74) is 3.90. The molecule has 3 aromatic heterocycles. The Morgan fingerprint density at radius 2 is 1.79 bits per heavy atom. The number of carbonyl (C=O) groups excluding carboxylic acids is 1. The van der Waals surface area contributed by atoms with Crippen LogP contribution in [-0.4, -0.2) is 69.1 Å². The van der Waals surface area contributed by atoms with Crippen LogP contribution in [0.15, 0.2) is 60.9 Å². The van der Waals surface area contributed by atoms with Gasteiger partial charge in [-0.05, 0) is 42.2 Å². The van der Waals surface area contributed by atoms with Gasteiger partial charge in [0.05, 0.1) is 12.7 Å². The summed E-state index contributed by atoms with van der Waals surface area (Å²) in [7, 11) is 1.53. The molecular weight excluding hydrogens is 492 g/mol. The first-order valence-corrected chi connectivity index (χ1v) is 13.4. The summed E-state index contributed by atoms with van der Waals surface area (Å²) in [6.07, 6.45) is 6.21. The highest BCUT2D eigenvalue weighted by atomic mass is 16.5. The molecule has 4 aromatic rings. The topological polar surface area (TPSA) is 112 Å². The molecule has 200 valence electrons. The number of nitrogens with zero attached hydrogens (tertiary/aromatic N) is 6. The average Bonchev–Trinajstić information content (AvgIpc) is 3.73. The molecule has 1 aromatic carbocycles. The van der Waals surface area contributed by atoms with E-state index in [-0.39, 0.29) is 5.78 Å². The van der Waals surface area contributed by atoms with Gasteiger partial charge in [-0.3, -0.25) is 14.8 Å². The zero-order valence-corrected chi connectivity index (χ0v) is 22.0. The third-order valence-electron chi connectivity index (χ3n) is 7.23. The van der Waals surface area contributed by atoms with Crippen molar-refractivity contribution in [3.63, 3.8) is 0 Å². The summed E-state index contributed by atoms with van der Waals surface area (Å²) in [6, 6.07) is 15.7. The van der Waals surface area contributed by atoms with Crippen molar-refractivity contribution in [2.24, 2.45) is 0 Å². The van der Waals surface area contributed by atoms with Gasteiger partial charge in [-0.1, -0.05) is 24.3 Å². The van der Waals surface area contributed by atoms with Crippen LogP contribution in [0.5, 0.6) is 5.88 Å². The number of piperazine rings is 1. The normalized spacial score (nSPS) is 15.8. The quantitative estimate of drug-likeness (QED) is 0.298. The fraction of sp³-hybridized carbons (Fsp3) is 0.345. The van der Waals surface area contributed by atoms with Crippen molar-refractivity contribution in [1.82, 2.24) is 30.0 Å². The van der Waals surface area contributed by atoms with Crippen molar-refractivity contribution in [2.75, 3.05) is 43.5 Å². The zero-order valence-electron chi connectivity index (χ0n) is 22.0. The van der Waals surface area contributed by atoms with E-state index in [4.69, 9.17) is 9.72 Å². The second kappa shape index (κ2) is 11.2. The number of hydrogen-bond acceptors (Lipinski definition) is 9. The molecule has 10 nitrogen and oxygen atoms in total. The number of carbonyl (C=O) groups is 1.